The number of hydrogen-bond acceptors (Lipinski definition) is 5. The van der Waals surface area contributed by atoms with E-state index in [0.29, 0.717) is 32.2 Å². The normalized spacial score (nSPS) is 16.3. The highest BCUT2D eigenvalue weighted by atomic mass is 16.4. The molecule has 1 amide bonds. The number of carbonyl (C=O) groups excluding carboxylic acids is 1. The van der Waals surface area contributed by atoms with Crippen molar-refractivity contribution in [2.24, 2.45) is 0 Å². The Morgan fingerprint density at radius 2 is 1.85 bits per heavy atom. The van der Waals surface area contributed by atoms with Gasteiger partial charge in [-0.05, 0) is 19.1 Å². The van der Waals surface area contributed by atoms with Crippen LogP contribution in [-0.2, 0) is 4.79 Å². The molecule has 3 heterocycles. The fraction of sp³-hybridized carbons (Fsp3) is 0.450. The van der Waals surface area contributed by atoms with Crippen molar-refractivity contribution in [1.82, 2.24) is 19.4 Å². The van der Waals surface area contributed by atoms with Crippen LogP contribution in [0.15, 0.2) is 41.1 Å². The molecule has 27 heavy (non-hydrogen) atoms. The summed E-state index contributed by atoms with van der Waals surface area (Å²) in [6.07, 6.45) is 3.66. The Morgan fingerprint density at radius 3 is 2.56 bits per heavy atom. The van der Waals surface area contributed by atoms with E-state index in [2.05, 4.69) is 28.7 Å². The molecular formula is C20H25N5O2. The van der Waals surface area contributed by atoms with Crippen LogP contribution in [0.5, 0.6) is 0 Å². The molecule has 7 nitrogen and oxygen atoms in total. The molecule has 0 N–H and O–H groups in total. The number of benzene rings is 1. The third-order valence-electron chi connectivity index (χ3n) is 5.13. The monoisotopic (exact) mass is 367 g/mol. The Balaban J connectivity index is 1.42. The van der Waals surface area contributed by atoms with Crippen LogP contribution in [0.25, 0.3) is 11.1 Å². The van der Waals surface area contributed by atoms with Crippen LogP contribution in [-0.4, -0.2) is 51.5 Å². The second-order valence-corrected chi connectivity index (χ2v) is 7.30. The number of imidazole rings is 1. The maximum atomic E-state index is 13.0. The Bertz CT molecular complexity index is 904. The molecule has 142 valence electrons. The Morgan fingerprint density at radius 1 is 1.11 bits per heavy atom. The first-order chi connectivity index (χ1) is 13.0. The molecule has 0 spiro atoms. The van der Waals surface area contributed by atoms with Crippen molar-refractivity contribution in [1.29, 1.82) is 0 Å². The SMILES string of the molecule is CC(C)c1nccn1[C@@H](C)C(=O)N1CCN(c2nc3ccccc3o2)CC1. The van der Waals surface area contributed by atoms with Gasteiger partial charge in [-0.25, -0.2) is 4.98 Å². The second kappa shape index (κ2) is 7.06. The van der Waals surface area contributed by atoms with Gasteiger partial charge in [-0.2, -0.15) is 4.98 Å². The number of hydrogen-bond donors (Lipinski definition) is 0. The molecule has 4 rings (SSSR count). The van der Waals surface area contributed by atoms with Gasteiger partial charge in [0.2, 0.25) is 5.91 Å². The number of rotatable bonds is 4. The predicted molar refractivity (Wildman–Crippen MR) is 104 cm³/mol. The zero-order valence-electron chi connectivity index (χ0n) is 16.0. The number of carbonyl (C=O) groups is 1. The van der Waals surface area contributed by atoms with Gasteiger partial charge >= 0.3 is 0 Å². The largest absolute Gasteiger partial charge is 0.423 e. The first-order valence-corrected chi connectivity index (χ1v) is 9.46. The molecule has 0 radical (unpaired) electrons. The van der Waals surface area contributed by atoms with Gasteiger partial charge in [0.05, 0.1) is 0 Å². The zero-order valence-corrected chi connectivity index (χ0v) is 16.0. The first kappa shape index (κ1) is 17.6. The van der Waals surface area contributed by atoms with Crippen molar-refractivity contribution in [2.45, 2.75) is 32.7 Å². The average molecular weight is 367 g/mol. The quantitative estimate of drug-likeness (QED) is 0.709. The van der Waals surface area contributed by atoms with Crippen molar-refractivity contribution < 1.29 is 9.21 Å². The molecule has 1 aliphatic heterocycles. The molecule has 1 aromatic carbocycles. The number of aromatic nitrogens is 3. The van der Waals surface area contributed by atoms with Crippen LogP contribution >= 0.6 is 0 Å². The van der Waals surface area contributed by atoms with E-state index in [9.17, 15) is 4.79 Å². The Labute approximate surface area is 158 Å². The van der Waals surface area contributed by atoms with Crippen molar-refractivity contribution in [2.75, 3.05) is 31.1 Å². The summed E-state index contributed by atoms with van der Waals surface area (Å²) >= 11 is 0. The van der Waals surface area contributed by atoms with E-state index in [-0.39, 0.29) is 17.9 Å². The Hall–Kier alpha value is -2.83. The smallest absolute Gasteiger partial charge is 0.298 e. The summed E-state index contributed by atoms with van der Waals surface area (Å²) in [5, 5.41) is 0. The summed E-state index contributed by atoms with van der Waals surface area (Å²) in [6.45, 7) is 8.88. The zero-order chi connectivity index (χ0) is 19.0. The minimum Gasteiger partial charge on any atom is -0.423 e. The number of amides is 1. The van der Waals surface area contributed by atoms with E-state index in [4.69, 9.17) is 4.42 Å². The van der Waals surface area contributed by atoms with E-state index in [0.717, 1.165) is 16.9 Å². The van der Waals surface area contributed by atoms with E-state index in [1.165, 1.54) is 0 Å². The second-order valence-electron chi connectivity index (χ2n) is 7.30. The molecule has 0 bridgehead atoms. The molecule has 0 saturated carbocycles. The van der Waals surface area contributed by atoms with Crippen LogP contribution < -0.4 is 4.90 Å². The van der Waals surface area contributed by atoms with Gasteiger partial charge in [0.15, 0.2) is 5.58 Å². The first-order valence-electron chi connectivity index (χ1n) is 9.46. The fourth-order valence-corrected chi connectivity index (χ4v) is 3.60. The van der Waals surface area contributed by atoms with Gasteiger partial charge in [-0.3, -0.25) is 4.79 Å². The van der Waals surface area contributed by atoms with Gasteiger partial charge in [-0.1, -0.05) is 26.0 Å². The number of fused-ring (bicyclic) bond motifs is 1. The molecule has 3 aromatic rings. The summed E-state index contributed by atoms with van der Waals surface area (Å²) in [4.78, 5) is 26.0. The molecule has 0 aliphatic carbocycles. The van der Waals surface area contributed by atoms with Crippen molar-refractivity contribution >= 4 is 23.0 Å². The average Bonchev–Trinajstić information content (AvgIpc) is 3.34. The van der Waals surface area contributed by atoms with Gasteiger partial charge < -0.3 is 18.8 Å². The van der Waals surface area contributed by atoms with Gasteiger partial charge in [-0.15, -0.1) is 0 Å². The molecule has 1 atom stereocenters. The van der Waals surface area contributed by atoms with E-state index < -0.39 is 0 Å². The summed E-state index contributed by atoms with van der Waals surface area (Å²) in [5.41, 5.74) is 1.65. The predicted octanol–water partition coefficient (Wildman–Crippen LogP) is 3.06. The van der Waals surface area contributed by atoms with E-state index in [1.54, 1.807) is 6.20 Å². The number of piperazine rings is 1. The molecule has 0 unspecified atom stereocenters. The molecule has 1 aliphatic rings. The third-order valence-corrected chi connectivity index (χ3v) is 5.13. The Kier molecular flexibility index (Phi) is 4.59. The molecule has 1 saturated heterocycles. The van der Waals surface area contributed by atoms with Crippen LogP contribution in [0.3, 0.4) is 0 Å². The number of anilines is 1. The summed E-state index contributed by atoms with van der Waals surface area (Å²) in [7, 11) is 0. The molecular weight excluding hydrogens is 342 g/mol. The fourth-order valence-electron chi connectivity index (χ4n) is 3.60. The van der Waals surface area contributed by atoms with Crippen molar-refractivity contribution in [3.63, 3.8) is 0 Å². The topological polar surface area (TPSA) is 67.4 Å². The lowest BCUT2D eigenvalue weighted by Crippen LogP contribution is -2.50. The van der Waals surface area contributed by atoms with Gasteiger partial charge in [0, 0.05) is 44.5 Å². The highest BCUT2D eigenvalue weighted by Crippen LogP contribution is 2.24. The maximum absolute atomic E-state index is 13.0. The van der Waals surface area contributed by atoms with Crippen molar-refractivity contribution in [3.8, 4) is 0 Å². The van der Waals surface area contributed by atoms with E-state index >= 15 is 0 Å². The number of nitrogens with zero attached hydrogens (tertiary/aromatic N) is 5. The summed E-state index contributed by atoms with van der Waals surface area (Å²) in [5.74, 6) is 1.36. The minimum atomic E-state index is -0.249. The number of oxazole rings is 1. The number of para-hydroxylation sites is 2. The highest BCUT2D eigenvalue weighted by molar-refractivity contribution is 5.80. The minimum absolute atomic E-state index is 0.132. The standard InChI is InChI=1S/C20H25N5O2/c1-14(2)18-21-8-9-25(18)15(3)19(26)23-10-12-24(13-11-23)20-22-16-6-4-5-7-17(16)27-20/h4-9,14-15H,10-13H2,1-3H3/t15-/m0/s1. The van der Waals surface area contributed by atoms with Crippen molar-refractivity contribution in [3.05, 3.63) is 42.5 Å². The molecule has 7 heteroatoms. The highest BCUT2D eigenvalue weighted by Gasteiger charge is 2.28. The lowest BCUT2D eigenvalue weighted by Gasteiger charge is -2.35. The van der Waals surface area contributed by atoms with Gasteiger partial charge in [0.1, 0.15) is 17.4 Å². The maximum Gasteiger partial charge on any atom is 0.298 e. The lowest BCUT2D eigenvalue weighted by atomic mass is 10.2. The summed E-state index contributed by atoms with van der Waals surface area (Å²) in [6, 6.07) is 8.14. The lowest BCUT2D eigenvalue weighted by molar-refractivity contribution is -0.134. The van der Waals surface area contributed by atoms with Crippen LogP contribution in [0, 0.1) is 0 Å². The van der Waals surface area contributed by atoms with Crippen LogP contribution in [0.4, 0.5) is 6.01 Å². The van der Waals surface area contributed by atoms with Crippen LogP contribution in [0.2, 0.25) is 0 Å². The van der Waals surface area contributed by atoms with Crippen LogP contribution in [0.1, 0.15) is 38.6 Å². The third kappa shape index (κ3) is 3.29. The molecule has 2 aromatic heterocycles. The van der Waals surface area contributed by atoms with Gasteiger partial charge in [0.25, 0.3) is 6.01 Å². The summed E-state index contributed by atoms with van der Waals surface area (Å²) < 4.78 is 7.84. The van der Waals surface area contributed by atoms with E-state index in [1.807, 2.05) is 46.9 Å². The molecule has 1 fully saturated rings.